The highest BCUT2D eigenvalue weighted by Gasteiger charge is 2.15. The van der Waals surface area contributed by atoms with E-state index in [1.807, 2.05) is 23.1 Å². The van der Waals surface area contributed by atoms with Crippen LogP contribution < -0.4 is 14.8 Å². The largest absolute Gasteiger partial charge is 0.493 e. The van der Waals surface area contributed by atoms with Crippen LogP contribution in [0.3, 0.4) is 0 Å². The van der Waals surface area contributed by atoms with Crippen molar-refractivity contribution in [1.82, 2.24) is 10.2 Å². The van der Waals surface area contributed by atoms with Gasteiger partial charge in [0.2, 0.25) is 11.8 Å². The van der Waals surface area contributed by atoms with E-state index in [1.165, 1.54) is 12.8 Å². The van der Waals surface area contributed by atoms with Crippen LogP contribution in [0.15, 0.2) is 18.2 Å². The molecule has 26 heavy (non-hydrogen) atoms. The molecule has 0 unspecified atom stereocenters. The van der Waals surface area contributed by atoms with E-state index in [0.717, 1.165) is 31.5 Å². The number of rotatable bonds is 8. The van der Waals surface area contributed by atoms with Gasteiger partial charge >= 0.3 is 0 Å². The lowest BCUT2D eigenvalue weighted by Gasteiger charge is -2.20. The van der Waals surface area contributed by atoms with Crippen molar-refractivity contribution in [2.45, 2.75) is 44.9 Å². The molecule has 1 aromatic rings. The van der Waals surface area contributed by atoms with Gasteiger partial charge in [-0.05, 0) is 37.0 Å². The fourth-order valence-corrected chi connectivity index (χ4v) is 3.17. The smallest absolute Gasteiger partial charge is 0.224 e. The number of aryl methyl sites for hydroxylation is 1. The summed E-state index contributed by atoms with van der Waals surface area (Å²) < 4.78 is 10.5. The van der Waals surface area contributed by atoms with Crippen molar-refractivity contribution in [3.05, 3.63) is 23.8 Å². The van der Waals surface area contributed by atoms with Gasteiger partial charge in [0.15, 0.2) is 11.5 Å². The van der Waals surface area contributed by atoms with Crippen molar-refractivity contribution < 1.29 is 19.1 Å². The number of amides is 2. The van der Waals surface area contributed by atoms with Gasteiger partial charge in [-0.3, -0.25) is 9.59 Å². The minimum atomic E-state index is -0.0385. The average molecular weight is 362 g/mol. The van der Waals surface area contributed by atoms with E-state index >= 15 is 0 Å². The maximum absolute atomic E-state index is 12.2. The number of ether oxygens (including phenoxy) is 2. The molecular formula is C20H30N2O4. The average Bonchev–Trinajstić information content (AvgIpc) is 2.95. The van der Waals surface area contributed by atoms with Crippen molar-refractivity contribution in [2.24, 2.45) is 0 Å². The van der Waals surface area contributed by atoms with Gasteiger partial charge in [0.05, 0.1) is 14.2 Å². The van der Waals surface area contributed by atoms with Crippen LogP contribution in [0.5, 0.6) is 11.5 Å². The predicted octanol–water partition coefficient (Wildman–Crippen LogP) is 2.55. The maximum atomic E-state index is 12.2. The highest BCUT2D eigenvalue weighted by molar-refractivity contribution is 5.79. The van der Waals surface area contributed by atoms with Gasteiger partial charge in [0, 0.05) is 32.5 Å². The number of nitrogens with one attached hydrogen (secondary N) is 1. The summed E-state index contributed by atoms with van der Waals surface area (Å²) in [5, 5.41) is 2.85. The Morgan fingerprint density at radius 3 is 2.35 bits per heavy atom. The van der Waals surface area contributed by atoms with Crippen LogP contribution >= 0.6 is 0 Å². The maximum Gasteiger partial charge on any atom is 0.224 e. The molecule has 1 saturated heterocycles. The Morgan fingerprint density at radius 1 is 1.00 bits per heavy atom. The molecule has 2 rings (SSSR count). The third-order valence-electron chi connectivity index (χ3n) is 4.71. The van der Waals surface area contributed by atoms with E-state index < -0.39 is 0 Å². The monoisotopic (exact) mass is 362 g/mol. The second kappa shape index (κ2) is 10.7. The fraction of sp³-hybridized carbons (Fsp3) is 0.600. The van der Waals surface area contributed by atoms with Gasteiger partial charge in [-0.1, -0.05) is 18.9 Å². The Balaban J connectivity index is 1.69. The molecule has 0 atom stereocenters. The quantitative estimate of drug-likeness (QED) is 0.772. The van der Waals surface area contributed by atoms with Gasteiger partial charge < -0.3 is 19.7 Å². The summed E-state index contributed by atoms with van der Waals surface area (Å²) in [6, 6.07) is 5.65. The van der Waals surface area contributed by atoms with Crippen LogP contribution in [-0.4, -0.2) is 50.6 Å². The second-order valence-corrected chi connectivity index (χ2v) is 6.58. The normalized spacial score (nSPS) is 14.5. The topological polar surface area (TPSA) is 67.9 Å². The second-order valence-electron chi connectivity index (χ2n) is 6.58. The van der Waals surface area contributed by atoms with Crippen molar-refractivity contribution >= 4 is 11.8 Å². The lowest BCUT2D eigenvalue weighted by atomic mass is 10.1. The first-order valence-corrected chi connectivity index (χ1v) is 9.39. The van der Waals surface area contributed by atoms with Crippen LogP contribution in [0.25, 0.3) is 0 Å². The van der Waals surface area contributed by atoms with Crippen LogP contribution in [0.2, 0.25) is 0 Å². The van der Waals surface area contributed by atoms with Gasteiger partial charge in [0.1, 0.15) is 0 Å². The van der Waals surface area contributed by atoms with Crippen LogP contribution in [-0.2, 0) is 16.0 Å². The number of carbonyl (C=O) groups is 2. The molecule has 0 saturated carbocycles. The number of hydrogen-bond donors (Lipinski definition) is 1. The van der Waals surface area contributed by atoms with Crippen LogP contribution in [0, 0.1) is 0 Å². The number of nitrogens with zero attached hydrogens (tertiary/aromatic N) is 1. The van der Waals surface area contributed by atoms with E-state index in [0.29, 0.717) is 37.3 Å². The molecule has 1 heterocycles. The zero-order valence-electron chi connectivity index (χ0n) is 15.9. The fourth-order valence-electron chi connectivity index (χ4n) is 3.17. The van der Waals surface area contributed by atoms with Gasteiger partial charge in [0.25, 0.3) is 0 Å². The Bertz CT molecular complexity index is 595. The summed E-state index contributed by atoms with van der Waals surface area (Å²) >= 11 is 0. The lowest BCUT2D eigenvalue weighted by molar-refractivity contribution is -0.131. The van der Waals surface area contributed by atoms with E-state index in [-0.39, 0.29) is 11.8 Å². The molecule has 0 aromatic heterocycles. The standard InChI is InChI=1S/C20H30N2O4/c1-25-17-9-7-16(15-18(17)26-2)8-10-19(23)21-12-11-20(24)22-13-5-3-4-6-14-22/h7,9,15H,3-6,8,10-14H2,1-2H3,(H,21,23). The van der Waals surface area contributed by atoms with Crippen molar-refractivity contribution in [3.8, 4) is 11.5 Å². The zero-order chi connectivity index (χ0) is 18.8. The van der Waals surface area contributed by atoms with E-state index in [4.69, 9.17) is 9.47 Å². The molecule has 0 bridgehead atoms. The molecule has 0 aliphatic carbocycles. The van der Waals surface area contributed by atoms with Crippen molar-refractivity contribution in [3.63, 3.8) is 0 Å². The molecule has 6 heteroatoms. The Labute approximate surface area is 155 Å². The summed E-state index contributed by atoms with van der Waals surface area (Å²) in [6.45, 7) is 2.11. The summed E-state index contributed by atoms with van der Waals surface area (Å²) in [7, 11) is 3.19. The molecule has 144 valence electrons. The SMILES string of the molecule is COc1ccc(CCC(=O)NCCC(=O)N2CCCCCC2)cc1OC. The molecule has 1 aromatic carbocycles. The van der Waals surface area contributed by atoms with Crippen LogP contribution in [0.4, 0.5) is 0 Å². The number of hydrogen-bond acceptors (Lipinski definition) is 4. The molecule has 1 fully saturated rings. The Kier molecular flexibility index (Phi) is 8.25. The molecular weight excluding hydrogens is 332 g/mol. The molecule has 6 nitrogen and oxygen atoms in total. The number of methoxy groups -OCH3 is 2. The summed E-state index contributed by atoms with van der Waals surface area (Å²) in [5.41, 5.74) is 1.01. The van der Waals surface area contributed by atoms with Crippen molar-refractivity contribution in [2.75, 3.05) is 33.9 Å². The summed E-state index contributed by atoms with van der Waals surface area (Å²) in [4.78, 5) is 26.1. The summed E-state index contributed by atoms with van der Waals surface area (Å²) in [6.07, 6.45) is 5.96. The lowest BCUT2D eigenvalue weighted by Crippen LogP contribution is -2.35. The van der Waals surface area contributed by atoms with Gasteiger partial charge in [-0.25, -0.2) is 0 Å². The van der Waals surface area contributed by atoms with Crippen LogP contribution in [0.1, 0.15) is 44.1 Å². The molecule has 1 aliphatic rings. The molecule has 0 radical (unpaired) electrons. The van der Waals surface area contributed by atoms with E-state index in [1.54, 1.807) is 14.2 Å². The zero-order valence-corrected chi connectivity index (χ0v) is 15.9. The minimum Gasteiger partial charge on any atom is -0.493 e. The third-order valence-corrected chi connectivity index (χ3v) is 4.71. The molecule has 1 aliphatic heterocycles. The van der Waals surface area contributed by atoms with E-state index in [9.17, 15) is 9.59 Å². The highest BCUT2D eigenvalue weighted by atomic mass is 16.5. The van der Waals surface area contributed by atoms with Gasteiger partial charge in [-0.15, -0.1) is 0 Å². The predicted molar refractivity (Wildman–Crippen MR) is 101 cm³/mol. The van der Waals surface area contributed by atoms with Gasteiger partial charge in [-0.2, -0.15) is 0 Å². The summed E-state index contributed by atoms with van der Waals surface area (Å²) in [5.74, 6) is 1.44. The Hall–Kier alpha value is -2.24. The molecule has 2 amide bonds. The third kappa shape index (κ3) is 6.24. The number of benzene rings is 1. The van der Waals surface area contributed by atoms with E-state index in [2.05, 4.69) is 5.32 Å². The first kappa shape index (κ1) is 20.1. The van der Waals surface area contributed by atoms with Crippen molar-refractivity contribution in [1.29, 1.82) is 0 Å². The first-order chi connectivity index (χ1) is 12.6. The Morgan fingerprint density at radius 2 is 1.69 bits per heavy atom. The first-order valence-electron chi connectivity index (χ1n) is 9.39. The number of likely N-dealkylation sites (tertiary alicyclic amines) is 1. The highest BCUT2D eigenvalue weighted by Crippen LogP contribution is 2.27. The minimum absolute atomic E-state index is 0.0385. The molecule has 1 N–H and O–H groups in total. The molecule has 0 spiro atoms. The number of carbonyl (C=O) groups excluding carboxylic acids is 2.